The van der Waals surface area contributed by atoms with Crippen molar-refractivity contribution in [2.45, 2.75) is 25.8 Å². The van der Waals surface area contributed by atoms with E-state index in [2.05, 4.69) is 4.98 Å². The van der Waals surface area contributed by atoms with Gasteiger partial charge in [-0.3, -0.25) is 9.36 Å². The molecule has 106 valence electrons. The summed E-state index contributed by atoms with van der Waals surface area (Å²) in [5.41, 5.74) is 0.117. The lowest BCUT2D eigenvalue weighted by atomic mass is 10.0. The molecule has 0 unspecified atom stereocenters. The predicted molar refractivity (Wildman–Crippen MR) is 74.1 cm³/mol. The molecule has 4 nitrogen and oxygen atoms in total. The molecule has 2 aromatic rings. The van der Waals surface area contributed by atoms with Crippen molar-refractivity contribution in [1.29, 1.82) is 0 Å². The second kappa shape index (κ2) is 5.71. The Kier molecular flexibility index (Phi) is 3.78. The van der Waals surface area contributed by atoms with Crippen molar-refractivity contribution in [2.24, 2.45) is 5.92 Å². The Balaban J connectivity index is 1.76. The summed E-state index contributed by atoms with van der Waals surface area (Å²) < 4.78 is 20.6. The minimum atomic E-state index is -0.501. The van der Waals surface area contributed by atoms with Crippen molar-refractivity contribution in [3.8, 4) is 0 Å². The van der Waals surface area contributed by atoms with Crippen LogP contribution in [0.2, 0.25) is 0 Å². The summed E-state index contributed by atoms with van der Waals surface area (Å²) in [6, 6.07) is 4.51. The van der Waals surface area contributed by atoms with E-state index >= 15 is 0 Å². The Morgan fingerprint density at radius 2 is 2.35 bits per heavy atom. The molecule has 0 N–H and O–H groups in total. The van der Waals surface area contributed by atoms with Crippen molar-refractivity contribution < 1.29 is 9.13 Å². The minimum absolute atomic E-state index is 0.0826. The number of halogens is 1. The molecular formula is C15H17FN2O2. The Hall–Kier alpha value is -1.75. The molecule has 1 saturated heterocycles. The maximum absolute atomic E-state index is 13.7. The third kappa shape index (κ3) is 2.58. The second-order valence-corrected chi connectivity index (χ2v) is 5.25. The van der Waals surface area contributed by atoms with E-state index < -0.39 is 5.82 Å². The van der Waals surface area contributed by atoms with Gasteiger partial charge in [-0.15, -0.1) is 0 Å². The van der Waals surface area contributed by atoms with Crippen molar-refractivity contribution in [1.82, 2.24) is 9.55 Å². The van der Waals surface area contributed by atoms with E-state index in [-0.39, 0.29) is 10.9 Å². The molecule has 0 saturated carbocycles. The van der Waals surface area contributed by atoms with Crippen molar-refractivity contribution >= 4 is 10.9 Å². The number of fused-ring (bicyclic) bond motifs is 1. The van der Waals surface area contributed by atoms with Crippen LogP contribution in [-0.2, 0) is 11.3 Å². The van der Waals surface area contributed by atoms with Crippen LogP contribution in [0.3, 0.4) is 0 Å². The Bertz CT molecular complexity index is 662. The average molecular weight is 276 g/mol. The van der Waals surface area contributed by atoms with Gasteiger partial charge in [0.15, 0.2) is 0 Å². The number of benzene rings is 1. The zero-order chi connectivity index (χ0) is 13.9. The first-order valence-corrected chi connectivity index (χ1v) is 6.97. The van der Waals surface area contributed by atoms with Crippen LogP contribution in [0.25, 0.3) is 10.9 Å². The summed E-state index contributed by atoms with van der Waals surface area (Å²) >= 11 is 0. The third-order valence-electron chi connectivity index (χ3n) is 3.84. The van der Waals surface area contributed by atoms with Gasteiger partial charge in [0.1, 0.15) is 11.2 Å². The maximum atomic E-state index is 13.7. The summed E-state index contributed by atoms with van der Waals surface area (Å²) in [4.78, 5) is 16.4. The molecule has 20 heavy (non-hydrogen) atoms. The number of ether oxygens (including phenoxy) is 1. The number of aromatic nitrogens is 2. The molecule has 1 aliphatic rings. The quantitative estimate of drug-likeness (QED) is 0.861. The third-order valence-corrected chi connectivity index (χ3v) is 3.84. The molecule has 0 bridgehead atoms. The molecule has 1 atom stereocenters. The summed E-state index contributed by atoms with van der Waals surface area (Å²) in [5.74, 6) is 0.0920. The van der Waals surface area contributed by atoms with Gasteiger partial charge in [0.25, 0.3) is 5.56 Å². The fraction of sp³-hybridized carbons (Fsp3) is 0.467. The van der Waals surface area contributed by atoms with Gasteiger partial charge in [-0.2, -0.15) is 0 Å². The predicted octanol–water partition coefficient (Wildman–Crippen LogP) is 2.35. The normalized spacial score (nSPS) is 18.8. The largest absolute Gasteiger partial charge is 0.381 e. The highest BCUT2D eigenvalue weighted by atomic mass is 19.1. The van der Waals surface area contributed by atoms with E-state index in [4.69, 9.17) is 4.74 Å². The molecular weight excluding hydrogens is 259 g/mol. The standard InChI is InChI=1S/C15H17FN2O2/c16-12-4-1-5-13-14(12)15(19)18(10-17-13)7-2-3-11-6-8-20-9-11/h1,4-5,10-11H,2-3,6-9H2/t11-/m1/s1. The van der Waals surface area contributed by atoms with Gasteiger partial charge in [0, 0.05) is 19.8 Å². The second-order valence-electron chi connectivity index (χ2n) is 5.25. The lowest BCUT2D eigenvalue weighted by molar-refractivity contribution is 0.183. The van der Waals surface area contributed by atoms with E-state index in [1.54, 1.807) is 12.1 Å². The SMILES string of the molecule is O=c1c2c(F)cccc2ncn1CCC[C@@H]1CCOC1. The van der Waals surface area contributed by atoms with Crippen LogP contribution in [0.15, 0.2) is 29.3 Å². The first-order chi connectivity index (χ1) is 9.75. The highest BCUT2D eigenvalue weighted by Gasteiger charge is 2.15. The number of aryl methyl sites for hydroxylation is 1. The van der Waals surface area contributed by atoms with Crippen LogP contribution in [0, 0.1) is 11.7 Å². The lowest BCUT2D eigenvalue weighted by Gasteiger charge is -2.09. The van der Waals surface area contributed by atoms with E-state index in [1.807, 2.05) is 0 Å². The zero-order valence-corrected chi connectivity index (χ0v) is 11.2. The van der Waals surface area contributed by atoms with E-state index in [0.29, 0.717) is 18.0 Å². The smallest absolute Gasteiger partial charge is 0.264 e. The Morgan fingerprint density at radius 1 is 1.45 bits per heavy atom. The summed E-state index contributed by atoms with van der Waals surface area (Å²) in [6.07, 6.45) is 4.52. The molecule has 1 fully saturated rings. The van der Waals surface area contributed by atoms with Gasteiger partial charge >= 0.3 is 0 Å². The molecule has 5 heteroatoms. The van der Waals surface area contributed by atoms with Crippen LogP contribution >= 0.6 is 0 Å². The molecule has 1 aromatic heterocycles. The summed E-state index contributed by atoms with van der Waals surface area (Å²) in [7, 11) is 0. The maximum Gasteiger partial charge on any atom is 0.264 e. The average Bonchev–Trinajstić information content (AvgIpc) is 2.95. The van der Waals surface area contributed by atoms with Gasteiger partial charge in [-0.05, 0) is 37.3 Å². The molecule has 0 aliphatic carbocycles. The van der Waals surface area contributed by atoms with Gasteiger partial charge in [-0.1, -0.05) is 6.07 Å². The molecule has 1 aromatic carbocycles. The number of hydrogen-bond acceptors (Lipinski definition) is 3. The molecule has 3 rings (SSSR count). The van der Waals surface area contributed by atoms with Crippen LogP contribution < -0.4 is 5.56 Å². The lowest BCUT2D eigenvalue weighted by Crippen LogP contribution is -2.22. The topological polar surface area (TPSA) is 44.1 Å². The van der Waals surface area contributed by atoms with Crippen molar-refractivity contribution in [3.63, 3.8) is 0 Å². The molecule has 0 amide bonds. The van der Waals surface area contributed by atoms with E-state index in [0.717, 1.165) is 32.5 Å². The van der Waals surface area contributed by atoms with Gasteiger partial charge in [-0.25, -0.2) is 9.37 Å². The Morgan fingerprint density at radius 3 is 3.15 bits per heavy atom. The highest BCUT2D eigenvalue weighted by molar-refractivity contribution is 5.77. The number of nitrogens with zero attached hydrogens (tertiary/aromatic N) is 2. The van der Waals surface area contributed by atoms with Gasteiger partial charge in [0.2, 0.25) is 0 Å². The first-order valence-electron chi connectivity index (χ1n) is 6.97. The fourth-order valence-corrected chi connectivity index (χ4v) is 2.68. The van der Waals surface area contributed by atoms with E-state index in [9.17, 15) is 9.18 Å². The summed E-state index contributed by atoms with van der Waals surface area (Å²) in [6.45, 7) is 2.24. The van der Waals surface area contributed by atoms with Crippen LogP contribution in [0.5, 0.6) is 0 Å². The highest BCUT2D eigenvalue weighted by Crippen LogP contribution is 2.18. The number of rotatable bonds is 4. The van der Waals surface area contributed by atoms with Crippen LogP contribution in [-0.4, -0.2) is 22.8 Å². The first kappa shape index (κ1) is 13.2. The monoisotopic (exact) mass is 276 g/mol. The van der Waals surface area contributed by atoms with Crippen molar-refractivity contribution in [2.75, 3.05) is 13.2 Å². The summed E-state index contributed by atoms with van der Waals surface area (Å²) in [5, 5.41) is 0.0826. The zero-order valence-electron chi connectivity index (χ0n) is 11.2. The van der Waals surface area contributed by atoms with Gasteiger partial charge in [0.05, 0.1) is 11.8 Å². The fourth-order valence-electron chi connectivity index (χ4n) is 2.68. The molecule has 2 heterocycles. The van der Waals surface area contributed by atoms with Crippen LogP contribution in [0.4, 0.5) is 4.39 Å². The molecule has 1 aliphatic heterocycles. The van der Waals surface area contributed by atoms with Gasteiger partial charge < -0.3 is 4.74 Å². The Labute approximate surface area is 116 Å². The van der Waals surface area contributed by atoms with Crippen LogP contribution in [0.1, 0.15) is 19.3 Å². The molecule has 0 spiro atoms. The minimum Gasteiger partial charge on any atom is -0.381 e. The van der Waals surface area contributed by atoms with Crippen molar-refractivity contribution in [3.05, 3.63) is 40.7 Å². The number of hydrogen-bond donors (Lipinski definition) is 0. The van der Waals surface area contributed by atoms with E-state index in [1.165, 1.54) is 17.0 Å². The molecule has 0 radical (unpaired) electrons.